The second-order valence-electron chi connectivity index (χ2n) is 11.8. The maximum absolute atomic E-state index is 11.4. The van der Waals surface area contributed by atoms with Crippen molar-refractivity contribution in [2.75, 3.05) is 35.7 Å². The van der Waals surface area contributed by atoms with Crippen molar-refractivity contribution in [2.45, 2.75) is 62.7 Å². The topological polar surface area (TPSA) is 167 Å². The lowest BCUT2D eigenvalue weighted by Crippen LogP contribution is -2.29. The Kier molecular flexibility index (Phi) is 10.0. The molecule has 0 radical (unpaired) electrons. The predicted octanol–water partition coefficient (Wildman–Crippen LogP) is 5.51. The van der Waals surface area contributed by atoms with Crippen molar-refractivity contribution in [2.24, 2.45) is 0 Å². The van der Waals surface area contributed by atoms with Gasteiger partial charge in [0, 0.05) is 49.0 Å². The van der Waals surface area contributed by atoms with E-state index >= 15 is 0 Å². The van der Waals surface area contributed by atoms with E-state index in [4.69, 9.17) is 9.52 Å². The van der Waals surface area contributed by atoms with Crippen LogP contribution >= 0.6 is 0 Å². The van der Waals surface area contributed by atoms with Gasteiger partial charge in [0.1, 0.15) is 10.1 Å². The molecule has 0 aliphatic heterocycles. The van der Waals surface area contributed by atoms with Crippen molar-refractivity contribution < 1.29 is 40.3 Å². The molecule has 1 aromatic heterocycles. The third kappa shape index (κ3) is 8.56. The van der Waals surface area contributed by atoms with E-state index in [0.29, 0.717) is 50.1 Å². The smallest absolute Gasteiger partial charge is 0.362 e. The number of allylic oxidation sites excluding steroid dienone is 1. The fraction of sp³-hybridized carbons (Fsp3) is 0.419. The average Bonchev–Trinajstić information content (AvgIpc) is 2.93. The average molecular weight is 647 g/mol. The molecule has 1 aliphatic carbocycles. The summed E-state index contributed by atoms with van der Waals surface area (Å²) in [5, 5.41) is 9.81. The van der Waals surface area contributed by atoms with Gasteiger partial charge >= 0.3 is 17.3 Å². The molecule has 0 fully saturated rings. The van der Waals surface area contributed by atoms with Gasteiger partial charge in [-0.05, 0) is 68.1 Å². The number of carbonyl (C=O) groups is 1. The quantitative estimate of drug-likeness (QED) is 0.129. The zero-order valence-corrected chi connectivity index (χ0v) is 26.7. The van der Waals surface area contributed by atoms with Crippen LogP contribution in [0.25, 0.3) is 17.0 Å². The Hall–Kier alpha value is -3.52. The number of carboxylic acids is 1. The number of fused-ring (bicyclic) bond motifs is 2. The first-order valence-corrected chi connectivity index (χ1v) is 17.4. The molecule has 13 heteroatoms. The third-order valence-corrected chi connectivity index (χ3v) is 9.54. The van der Waals surface area contributed by atoms with E-state index in [9.17, 15) is 30.7 Å². The molecule has 0 bridgehead atoms. The minimum Gasteiger partial charge on any atom is -0.744 e. The Morgan fingerprint density at radius 1 is 0.955 bits per heavy atom. The van der Waals surface area contributed by atoms with Crippen molar-refractivity contribution in [1.82, 2.24) is 0 Å². The monoisotopic (exact) mass is 646 g/mol. The Balaban J connectivity index is 1.64. The van der Waals surface area contributed by atoms with Crippen LogP contribution in [0.3, 0.4) is 0 Å². The molecular weight excluding hydrogens is 608 g/mol. The summed E-state index contributed by atoms with van der Waals surface area (Å²) in [7, 11) is -6.77. The largest absolute Gasteiger partial charge is 0.744 e. The molecule has 1 aliphatic rings. The molecule has 0 unspecified atom stereocenters. The summed E-state index contributed by atoms with van der Waals surface area (Å²) >= 11 is 0. The summed E-state index contributed by atoms with van der Waals surface area (Å²) in [6.07, 6.45) is 4.93. The summed E-state index contributed by atoms with van der Waals surface area (Å²) in [4.78, 5) is 14.5. The van der Waals surface area contributed by atoms with E-state index < -0.39 is 26.2 Å². The summed E-state index contributed by atoms with van der Waals surface area (Å²) < 4.78 is 72.4. The van der Waals surface area contributed by atoms with Crippen molar-refractivity contribution in [3.8, 4) is 0 Å². The lowest BCUT2D eigenvalue weighted by Gasteiger charge is -2.33. The molecule has 0 atom stereocenters. The van der Waals surface area contributed by atoms with Crippen molar-refractivity contribution in [1.29, 1.82) is 0 Å². The van der Waals surface area contributed by atoms with Gasteiger partial charge in [0.2, 0.25) is 0 Å². The van der Waals surface area contributed by atoms with Crippen LogP contribution in [0.1, 0.15) is 63.7 Å². The van der Waals surface area contributed by atoms with E-state index in [1.54, 1.807) is 12.1 Å². The van der Waals surface area contributed by atoms with Gasteiger partial charge in [-0.1, -0.05) is 20.3 Å². The number of hydrogen-bond donors (Lipinski definition) is 2. The van der Waals surface area contributed by atoms with Crippen LogP contribution in [0.2, 0.25) is 0 Å². The first-order valence-electron chi connectivity index (χ1n) is 14.4. The molecule has 2 aromatic carbocycles. The molecule has 238 valence electrons. The molecule has 1 heterocycles. The fourth-order valence-electron chi connectivity index (χ4n) is 5.50. The van der Waals surface area contributed by atoms with E-state index in [1.807, 2.05) is 41.1 Å². The van der Waals surface area contributed by atoms with Gasteiger partial charge in [0.25, 0.3) is 10.1 Å². The molecule has 0 spiro atoms. The first kappa shape index (κ1) is 33.4. The first-order chi connectivity index (χ1) is 20.5. The Morgan fingerprint density at radius 2 is 1.61 bits per heavy atom. The van der Waals surface area contributed by atoms with Crippen molar-refractivity contribution in [3.63, 3.8) is 0 Å². The number of hydrogen-bond acceptors (Lipinski definition) is 8. The number of rotatable bonds is 14. The Morgan fingerprint density at radius 3 is 2.25 bits per heavy atom. The lowest BCUT2D eigenvalue weighted by atomic mass is 9.76. The molecular formula is C31H38N2O9S2. The SMILES string of the molecule is CN(C1=Cc2[o+]c3cc(N(CCCCCC(=O)O)CCCS(=O)(=O)O)ccc3cc2C(C)(C)C1)c1ccc(S(=O)(=O)[O-])cc1. The number of aliphatic carboxylic acids is 1. The van der Waals surface area contributed by atoms with E-state index in [1.165, 1.54) is 12.1 Å². The number of unbranched alkanes of at least 4 members (excludes halogenated alkanes) is 2. The van der Waals surface area contributed by atoms with Gasteiger partial charge in [-0.25, -0.2) is 12.8 Å². The summed E-state index contributed by atoms with van der Waals surface area (Å²) in [5.41, 5.74) is 3.85. The highest BCUT2D eigenvalue weighted by Gasteiger charge is 2.37. The fourth-order valence-corrected chi connectivity index (χ4v) is 6.46. The maximum Gasteiger partial charge on any atom is 0.362 e. The van der Waals surface area contributed by atoms with Crippen LogP contribution in [0.15, 0.2) is 63.5 Å². The minimum absolute atomic E-state index is 0.0944. The van der Waals surface area contributed by atoms with Gasteiger partial charge < -0.3 is 19.5 Å². The predicted molar refractivity (Wildman–Crippen MR) is 168 cm³/mol. The molecule has 2 N–H and O–H groups in total. The van der Waals surface area contributed by atoms with Crippen LogP contribution < -0.4 is 9.80 Å². The number of benzene rings is 2. The zero-order chi connectivity index (χ0) is 32.3. The molecule has 0 amide bonds. The highest BCUT2D eigenvalue weighted by atomic mass is 32.2. The summed E-state index contributed by atoms with van der Waals surface area (Å²) in [6.45, 7) is 5.20. The van der Waals surface area contributed by atoms with Gasteiger partial charge in [0.05, 0.1) is 33.7 Å². The maximum atomic E-state index is 11.4. The van der Waals surface area contributed by atoms with Gasteiger partial charge in [-0.3, -0.25) is 9.35 Å². The van der Waals surface area contributed by atoms with Gasteiger partial charge in [-0.15, -0.1) is 0 Å². The minimum atomic E-state index is -4.54. The van der Waals surface area contributed by atoms with Crippen molar-refractivity contribution >= 4 is 54.6 Å². The second-order valence-corrected chi connectivity index (χ2v) is 14.7. The van der Waals surface area contributed by atoms with Crippen molar-refractivity contribution in [3.05, 3.63) is 65.6 Å². The molecule has 0 saturated carbocycles. The van der Waals surface area contributed by atoms with E-state index in [0.717, 1.165) is 28.0 Å². The zero-order valence-electron chi connectivity index (χ0n) is 25.0. The van der Waals surface area contributed by atoms with Crippen LogP contribution in [0.5, 0.6) is 0 Å². The molecule has 11 nitrogen and oxygen atoms in total. The second kappa shape index (κ2) is 13.2. The Labute approximate surface area is 258 Å². The van der Waals surface area contributed by atoms with E-state index in [2.05, 4.69) is 19.9 Å². The number of carboxylic acid groups (broad SMARTS) is 1. The van der Waals surface area contributed by atoms with Crippen LogP contribution in [0.4, 0.5) is 11.4 Å². The molecule has 0 saturated heterocycles. The number of nitrogens with zero attached hydrogens (tertiary/aromatic N) is 2. The van der Waals surface area contributed by atoms with Gasteiger partial charge in [0.15, 0.2) is 0 Å². The molecule has 4 rings (SSSR count). The highest BCUT2D eigenvalue weighted by molar-refractivity contribution is 7.86. The third-order valence-electron chi connectivity index (χ3n) is 7.89. The standard InChI is InChI=1S/C31H38N2O9S2/c1-31(2)21-25(32(3)23-11-13-26(14-12-23)44(39,40)41)20-29-27(31)18-22-9-10-24(19-28(22)42-29)33(16-7-17-43(36,37)38)15-6-4-5-8-30(34)35/h9-14,18-20H,4-8,15-17,21H2,1-3H3,(H2-,34,35,36,37,38,39,40,41). The van der Waals surface area contributed by atoms with Gasteiger partial charge in [-0.2, -0.15) is 8.42 Å². The van der Waals surface area contributed by atoms with Crippen LogP contribution in [-0.2, 0) is 30.4 Å². The normalized spacial score (nSPS) is 14.6. The lowest BCUT2D eigenvalue weighted by molar-refractivity contribution is -0.137. The van der Waals surface area contributed by atoms with E-state index in [-0.39, 0.29) is 28.9 Å². The molecule has 3 aromatic rings. The summed E-state index contributed by atoms with van der Waals surface area (Å²) in [6, 6.07) is 13.7. The Bertz CT molecular complexity index is 1770. The number of anilines is 2. The van der Waals surface area contributed by atoms with Crippen LogP contribution in [-0.4, -0.2) is 62.9 Å². The molecule has 44 heavy (non-hydrogen) atoms. The van der Waals surface area contributed by atoms with Crippen LogP contribution in [0, 0.1) is 0 Å². The summed E-state index contributed by atoms with van der Waals surface area (Å²) in [5.74, 6) is -0.522. The highest BCUT2D eigenvalue weighted by Crippen LogP contribution is 2.42.